The van der Waals surface area contributed by atoms with Crippen molar-refractivity contribution in [1.29, 1.82) is 0 Å². The standard InChI is InChI=1S/C39H41N3O5/c1-4-47-36(43)16-11-25-42-35(37(31-12-7-5-8-13-31)40-38(42)32-14-9-6-10-15-32)28-41(27-30-19-23-34(45-2)24-20-30)26-29-17-21-33(22-18-29)39(44)46-3/h5-10,12-15,17-24H,4,11,16,25-28H2,1-3H3. The highest BCUT2D eigenvalue weighted by Gasteiger charge is 2.23. The molecule has 0 spiro atoms. The number of ether oxygens (including phenoxy) is 3. The largest absolute Gasteiger partial charge is 0.497 e. The smallest absolute Gasteiger partial charge is 0.337 e. The lowest BCUT2D eigenvalue weighted by molar-refractivity contribution is -0.143. The zero-order valence-corrected chi connectivity index (χ0v) is 27.2. The monoisotopic (exact) mass is 631 g/mol. The second-order valence-electron chi connectivity index (χ2n) is 11.2. The Morgan fingerprint density at radius 3 is 1.91 bits per heavy atom. The average molecular weight is 632 g/mol. The van der Waals surface area contributed by atoms with Crippen molar-refractivity contribution in [3.63, 3.8) is 0 Å². The topological polar surface area (TPSA) is 82.9 Å². The number of hydrogen-bond donors (Lipinski definition) is 0. The normalized spacial score (nSPS) is 11.0. The van der Waals surface area contributed by atoms with Gasteiger partial charge in [-0.25, -0.2) is 9.78 Å². The van der Waals surface area contributed by atoms with Crippen LogP contribution in [0.3, 0.4) is 0 Å². The Balaban J connectivity index is 1.57. The first-order valence-corrected chi connectivity index (χ1v) is 15.9. The number of carbonyl (C=O) groups excluding carboxylic acids is 2. The summed E-state index contributed by atoms with van der Waals surface area (Å²) in [5, 5.41) is 0. The Labute approximate surface area is 276 Å². The lowest BCUT2D eigenvalue weighted by Gasteiger charge is -2.25. The van der Waals surface area contributed by atoms with Gasteiger partial charge in [-0.1, -0.05) is 84.9 Å². The molecule has 0 saturated carbocycles. The van der Waals surface area contributed by atoms with Crippen LogP contribution < -0.4 is 4.74 Å². The fraction of sp³-hybridized carbons (Fsp3) is 0.256. The molecule has 0 fully saturated rings. The fourth-order valence-electron chi connectivity index (χ4n) is 5.63. The van der Waals surface area contributed by atoms with Gasteiger partial charge in [0.05, 0.1) is 37.8 Å². The van der Waals surface area contributed by atoms with E-state index in [0.29, 0.717) is 51.2 Å². The molecule has 1 heterocycles. The van der Waals surface area contributed by atoms with E-state index in [1.807, 2.05) is 67.6 Å². The van der Waals surface area contributed by atoms with Crippen LogP contribution >= 0.6 is 0 Å². The van der Waals surface area contributed by atoms with Gasteiger partial charge in [0, 0.05) is 43.7 Å². The van der Waals surface area contributed by atoms with Gasteiger partial charge in [0.1, 0.15) is 11.6 Å². The molecule has 8 nitrogen and oxygen atoms in total. The van der Waals surface area contributed by atoms with Gasteiger partial charge in [-0.05, 0) is 48.7 Å². The summed E-state index contributed by atoms with van der Waals surface area (Å²) in [6.45, 7) is 4.65. The van der Waals surface area contributed by atoms with Gasteiger partial charge in [0.2, 0.25) is 0 Å². The first-order chi connectivity index (χ1) is 23.0. The maximum absolute atomic E-state index is 12.3. The van der Waals surface area contributed by atoms with Crippen molar-refractivity contribution in [3.8, 4) is 28.4 Å². The molecule has 0 aliphatic heterocycles. The van der Waals surface area contributed by atoms with E-state index < -0.39 is 0 Å². The molecule has 0 aliphatic carbocycles. The van der Waals surface area contributed by atoms with Gasteiger partial charge in [-0.3, -0.25) is 9.69 Å². The molecule has 242 valence electrons. The lowest BCUT2D eigenvalue weighted by Crippen LogP contribution is -2.25. The Morgan fingerprint density at radius 1 is 0.745 bits per heavy atom. The Hall–Kier alpha value is -5.21. The highest BCUT2D eigenvalue weighted by molar-refractivity contribution is 5.89. The molecular weight excluding hydrogens is 590 g/mol. The van der Waals surface area contributed by atoms with Crippen LogP contribution in [0.1, 0.15) is 46.9 Å². The molecular formula is C39H41N3O5. The quantitative estimate of drug-likeness (QED) is 0.110. The van der Waals surface area contributed by atoms with E-state index in [4.69, 9.17) is 19.2 Å². The third kappa shape index (κ3) is 8.74. The summed E-state index contributed by atoms with van der Waals surface area (Å²) < 4.78 is 17.8. The van der Waals surface area contributed by atoms with Crippen molar-refractivity contribution in [2.75, 3.05) is 20.8 Å². The lowest BCUT2D eigenvalue weighted by atomic mass is 10.1. The predicted octanol–water partition coefficient (Wildman–Crippen LogP) is 7.56. The van der Waals surface area contributed by atoms with Crippen molar-refractivity contribution < 1.29 is 23.8 Å². The third-order valence-corrected chi connectivity index (χ3v) is 7.94. The average Bonchev–Trinajstić information content (AvgIpc) is 3.47. The van der Waals surface area contributed by atoms with E-state index in [2.05, 4.69) is 45.9 Å². The maximum atomic E-state index is 12.3. The summed E-state index contributed by atoms with van der Waals surface area (Å²) in [4.78, 5) is 32.1. The van der Waals surface area contributed by atoms with E-state index in [-0.39, 0.29) is 11.9 Å². The first-order valence-electron chi connectivity index (χ1n) is 15.9. The molecule has 0 aliphatic rings. The van der Waals surface area contributed by atoms with Gasteiger partial charge in [-0.15, -0.1) is 0 Å². The molecule has 5 aromatic rings. The summed E-state index contributed by atoms with van der Waals surface area (Å²) in [6.07, 6.45) is 0.937. The molecule has 0 saturated heterocycles. The SMILES string of the molecule is CCOC(=O)CCCn1c(-c2ccccc2)nc(-c2ccccc2)c1CN(Cc1ccc(OC)cc1)Cc1ccc(C(=O)OC)cc1. The predicted molar refractivity (Wildman–Crippen MR) is 183 cm³/mol. The number of imidazole rings is 1. The van der Waals surface area contributed by atoms with Gasteiger partial charge in [-0.2, -0.15) is 0 Å². The van der Waals surface area contributed by atoms with E-state index >= 15 is 0 Å². The number of carbonyl (C=O) groups is 2. The van der Waals surface area contributed by atoms with Crippen LogP contribution in [0.4, 0.5) is 0 Å². The van der Waals surface area contributed by atoms with Crippen molar-refractivity contribution in [2.24, 2.45) is 0 Å². The highest BCUT2D eigenvalue weighted by atomic mass is 16.5. The minimum Gasteiger partial charge on any atom is -0.497 e. The van der Waals surface area contributed by atoms with Crippen LogP contribution in [0.2, 0.25) is 0 Å². The van der Waals surface area contributed by atoms with Crippen LogP contribution in [-0.4, -0.2) is 47.2 Å². The number of hydrogen-bond acceptors (Lipinski definition) is 7. The van der Waals surface area contributed by atoms with E-state index in [0.717, 1.165) is 45.2 Å². The van der Waals surface area contributed by atoms with Crippen molar-refractivity contribution in [3.05, 3.63) is 132 Å². The molecule has 47 heavy (non-hydrogen) atoms. The van der Waals surface area contributed by atoms with Gasteiger partial charge in [0.25, 0.3) is 0 Å². The molecule has 4 aromatic carbocycles. The molecule has 0 N–H and O–H groups in total. The molecule has 5 rings (SSSR count). The van der Waals surface area contributed by atoms with Crippen LogP contribution in [0.15, 0.2) is 109 Å². The van der Waals surface area contributed by atoms with Crippen molar-refractivity contribution in [1.82, 2.24) is 14.5 Å². The summed E-state index contributed by atoms with van der Waals surface area (Å²) in [7, 11) is 3.05. The molecule has 0 unspecified atom stereocenters. The van der Waals surface area contributed by atoms with E-state index in [9.17, 15) is 9.59 Å². The molecule has 0 bridgehead atoms. The van der Waals surface area contributed by atoms with Gasteiger partial charge >= 0.3 is 11.9 Å². The second kappa shape index (κ2) is 16.4. The van der Waals surface area contributed by atoms with Crippen LogP contribution in [0.25, 0.3) is 22.6 Å². The number of rotatable bonds is 15. The third-order valence-electron chi connectivity index (χ3n) is 7.94. The number of methoxy groups -OCH3 is 2. The fourth-order valence-corrected chi connectivity index (χ4v) is 5.63. The molecule has 1 aromatic heterocycles. The Morgan fingerprint density at radius 2 is 1.34 bits per heavy atom. The van der Waals surface area contributed by atoms with Crippen molar-refractivity contribution >= 4 is 11.9 Å². The minimum atomic E-state index is -0.362. The minimum absolute atomic E-state index is 0.199. The second-order valence-corrected chi connectivity index (χ2v) is 11.2. The molecule has 0 radical (unpaired) electrons. The maximum Gasteiger partial charge on any atom is 0.337 e. The summed E-state index contributed by atoms with van der Waals surface area (Å²) in [5.41, 5.74) is 6.69. The molecule has 0 amide bonds. The zero-order valence-electron chi connectivity index (χ0n) is 27.2. The van der Waals surface area contributed by atoms with Crippen LogP contribution in [0.5, 0.6) is 5.75 Å². The number of benzene rings is 4. The van der Waals surface area contributed by atoms with Crippen LogP contribution in [-0.2, 0) is 40.4 Å². The van der Waals surface area contributed by atoms with Gasteiger partial charge < -0.3 is 18.8 Å². The highest BCUT2D eigenvalue weighted by Crippen LogP contribution is 2.32. The van der Waals surface area contributed by atoms with Crippen LogP contribution in [0, 0.1) is 0 Å². The van der Waals surface area contributed by atoms with Gasteiger partial charge in [0.15, 0.2) is 0 Å². The number of nitrogens with zero attached hydrogens (tertiary/aromatic N) is 3. The first kappa shape index (κ1) is 33.2. The Bertz CT molecular complexity index is 1730. The Kier molecular flexibility index (Phi) is 11.6. The number of aromatic nitrogens is 2. The molecule has 0 atom stereocenters. The summed E-state index contributed by atoms with van der Waals surface area (Å²) in [6, 6.07) is 36.1. The molecule has 8 heteroatoms. The van der Waals surface area contributed by atoms with Crippen molar-refractivity contribution in [2.45, 2.75) is 45.9 Å². The summed E-state index contributed by atoms with van der Waals surface area (Å²) >= 11 is 0. The number of esters is 2. The van der Waals surface area contributed by atoms with E-state index in [1.54, 1.807) is 19.2 Å². The summed E-state index contributed by atoms with van der Waals surface area (Å²) in [5.74, 6) is 1.10. The zero-order chi connectivity index (χ0) is 33.0. The van der Waals surface area contributed by atoms with E-state index in [1.165, 1.54) is 7.11 Å².